The van der Waals surface area contributed by atoms with Gasteiger partial charge in [0.05, 0.1) is 0 Å². The van der Waals surface area contributed by atoms with Crippen molar-refractivity contribution < 1.29 is 13.9 Å². The molecule has 2 aliphatic rings. The third-order valence-electron chi connectivity index (χ3n) is 5.31. The van der Waals surface area contributed by atoms with Crippen molar-refractivity contribution in [2.75, 3.05) is 13.2 Å². The van der Waals surface area contributed by atoms with E-state index in [0.717, 1.165) is 63.5 Å². The molecular weight excluding hydrogens is 348 g/mol. The third-order valence-corrected chi connectivity index (χ3v) is 5.31. The van der Waals surface area contributed by atoms with E-state index >= 15 is 0 Å². The lowest BCUT2D eigenvalue weighted by atomic mass is 9.99. The van der Waals surface area contributed by atoms with Gasteiger partial charge < -0.3 is 19.0 Å². The van der Waals surface area contributed by atoms with Crippen molar-refractivity contribution in [1.82, 2.24) is 20.1 Å². The quantitative estimate of drug-likeness (QED) is 0.878. The summed E-state index contributed by atoms with van der Waals surface area (Å²) in [6, 6.07) is 2.61. The SMILES string of the molecule is Cc1cc(=O)cc(C(=O)NC2CCc3nnc(C4CCOCC4)n3CC2)o1. The summed E-state index contributed by atoms with van der Waals surface area (Å²) in [5, 5.41) is 11.8. The predicted octanol–water partition coefficient (Wildman–Crippen LogP) is 1.57. The summed E-state index contributed by atoms with van der Waals surface area (Å²) in [6.07, 6.45) is 4.30. The Morgan fingerprint density at radius 3 is 2.78 bits per heavy atom. The van der Waals surface area contributed by atoms with Gasteiger partial charge in [0.1, 0.15) is 17.4 Å². The van der Waals surface area contributed by atoms with Crippen LogP contribution < -0.4 is 10.7 Å². The molecule has 1 atom stereocenters. The second-order valence-corrected chi connectivity index (χ2v) is 7.28. The van der Waals surface area contributed by atoms with Gasteiger partial charge in [-0.1, -0.05) is 0 Å². The van der Waals surface area contributed by atoms with E-state index in [9.17, 15) is 9.59 Å². The number of fused-ring (bicyclic) bond motifs is 1. The summed E-state index contributed by atoms with van der Waals surface area (Å²) in [5.74, 6) is 2.57. The first-order valence-corrected chi connectivity index (χ1v) is 9.52. The summed E-state index contributed by atoms with van der Waals surface area (Å²) in [6.45, 7) is 3.98. The van der Waals surface area contributed by atoms with E-state index in [-0.39, 0.29) is 23.1 Å². The van der Waals surface area contributed by atoms with Crippen molar-refractivity contribution in [2.24, 2.45) is 0 Å². The molecule has 2 aromatic heterocycles. The van der Waals surface area contributed by atoms with E-state index in [0.29, 0.717) is 11.7 Å². The average Bonchev–Trinajstić information content (AvgIpc) is 2.96. The molecule has 2 aromatic rings. The Bertz CT molecular complexity index is 882. The Labute approximate surface area is 156 Å². The molecule has 1 unspecified atom stereocenters. The summed E-state index contributed by atoms with van der Waals surface area (Å²) in [7, 11) is 0. The van der Waals surface area contributed by atoms with E-state index < -0.39 is 0 Å². The van der Waals surface area contributed by atoms with Crippen LogP contribution >= 0.6 is 0 Å². The van der Waals surface area contributed by atoms with Crippen LogP contribution in [0.25, 0.3) is 0 Å². The largest absolute Gasteiger partial charge is 0.456 e. The van der Waals surface area contributed by atoms with Gasteiger partial charge in [-0.3, -0.25) is 9.59 Å². The van der Waals surface area contributed by atoms with Crippen molar-refractivity contribution in [3.05, 3.63) is 45.5 Å². The average molecular weight is 372 g/mol. The highest BCUT2D eigenvalue weighted by molar-refractivity contribution is 5.91. The van der Waals surface area contributed by atoms with Gasteiger partial charge in [-0.05, 0) is 32.6 Å². The highest BCUT2D eigenvalue weighted by Crippen LogP contribution is 2.27. The number of ether oxygens (including phenoxy) is 1. The number of amides is 1. The number of nitrogens with one attached hydrogen (secondary N) is 1. The molecule has 8 heteroatoms. The van der Waals surface area contributed by atoms with Gasteiger partial charge in [0.2, 0.25) is 0 Å². The lowest BCUT2D eigenvalue weighted by Crippen LogP contribution is -2.35. The smallest absolute Gasteiger partial charge is 0.287 e. The van der Waals surface area contributed by atoms with E-state index in [2.05, 4.69) is 20.1 Å². The fraction of sp³-hybridized carbons (Fsp3) is 0.579. The Morgan fingerprint density at radius 2 is 2.00 bits per heavy atom. The molecule has 4 heterocycles. The third kappa shape index (κ3) is 3.95. The molecule has 1 saturated heterocycles. The topological polar surface area (TPSA) is 99.3 Å². The number of nitrogens with zero attached hydrogens (tertiary/aromatic N) is 3. The van der Waals surface area contributed by atoms with Gasteiger partial charge in [-0.15, -0.1) is 10.2 Å². The normalized spacial score (nSPS) is 20.7. The molecule has 2 aliphatic heterocycles. The highest BCUT2D eigenvalue weighted by Gasteiger charge is 2.27. The molecule has 144 valence electrons. The van der Waals surface area contributed by atoms with Gasteiger partial charge in [0.15, 0.2) is 11.2 Å². The standard InChI is InChI=1S/C19H24N4O4/c1-12-10-15(24)11-16(27-12)19(25)20-14-2-3-17-21-22-18(23(17)7-4-14)13-5-8-26-9-6-13/h10-11,13-14H,2-9H2,1H3,(H,20,25). The van der Waals surface area contributed by atoms with Gasteiger partial charge in [-0.25, -0.2) is 0 Å². The maximum absolute atomic E-state index is 12.5. The molecule has 0 radical (unpaired) electrons. The van der Waals surface area contributed by atoms with Gasteiger partial charge in [0.25, 0.3) is 5.91 Å². The van der Waals surface area contributed by atoms with E-state index in [1.807, 2.05) is 0 Å². The van der Waals surface area contributed by atoms with Crippen LogP contribution in [0.1, 0.15) is 59.6 Å². The minimum Gasteiger partial charge on any atom is -0.456 e. The van der Waals surface area contributed by atoms with E-state index in [1.54, 1.807) is 6.92 Å². The van der Waals surface area contributed by atoms with Crippen LogP contribution in [-0.4, -0.2) is 39.9 Å². The zero-order chi connectivity index (χ0) is 18.8. The summed E-state index contributed by atoms with van der Waals surface area (Å²) >= 11 is 0. The van der Waals surface area contributed by atoms with Crippen LogP contribution in [0.3, 0.4) is 0 Å². The molecule has 0 aliphatic carbocycles. The van der Waals surface area contributed by atoms with Crippen molar-refractivity contribution in [3.8, 4) is 0 Å². The fourth-order valence-electron chi connectivity index (χ4n) is 3.88. The monoisotopic (exact) mass is 372 g/mol. The number of hydrogen-bond acceptors (Lipinski definition) is 6. The van der Waals surface area contributed by atoms with Crippen molar-refractivity contribution in [2.45, 2.75) is 57.5 Å². The van der Waals surface area contributed by atoms with Crippen molar-refractivity contribution in [3.63, 3.8) is 0 Å². The molecule has 27 heavy (non-hydrogen) atoms. The van der Waals surface area contributed by atoms with Gasteiger partial charge in [-0.2, -0.15) is 0 Å². The molecule has 0 bridgehead atoms. The van der Waals surface area contributed by atoms with Crippen LogP contribution in [0, 0.1) is 6.92 Å². The number of carbonyl (C=O) groups is 1. The number of carbonyl (C=O) groups excluding carboxylic acids is 1. The first-order valence-electron chi connectivity index (χ1n) is 9.52. The van der Waals surface area contributed by atoms with Crippen molar-refractivity contribution in [1.29, 1.82) is 0 Å². The minimum atomic E-state index is -0.344. The number of aryl methyl sites for hydroxylation is 2. The van der Waals surface area contributed by atoms with Crippen LogP contribution in [0.5, 0.6) is 0 Å². The molecule has 1 N–H and O–H groups in total. The van der Waals surface area contributed by atoms with E-state index in [1.165, 1.54) is 12.1 Å². The number of hydrogen-bond donors (Lipinski definition) is 1. The Hall–Kier alpha value is -2.48. The Morgan fingerprint density at radius 1 is 1.19 bits per heavy atom. The van der Waals surface area contributed by atoms with Crippen LogP contribution in [0.4, 0.5) is 0 Å². The molecule has 0 spiro atoms. The first-order chi connectivity index (χ1) is 13.1. The Kier molecular flexibility index (Phi) is 5.07. The van der Waals surface area contributed by atoms with Crippen LogP contribution in [-0.2, 0) is 17.7 Å². The zero-order valence-corrected chi connectivity index (χ0v) is 15.4. The van der Waals surface area contributed by atoms with Crippen molar-refractivity contribution >= 4 is 5.91 Å². The maximum Gasteiger partial charge on any atom is 0.287 e. The maximum atomic E-state index is 12.5. The molecule has 0 aromatic carbocycles. The minimum absolute atomic E-state index is 0.00699. The van der Waals surface area contributed by atoms with Gasteiger partial charge >= 0.3 is 0 Å². The van der Waals surface area contributed by atoms with Gasteiger partial charge in [0, 0.05) is 50.3 Å². The zero-order valence-electron chi connectivity index (χ0n) is 15.4. The second kappa shape index (κ2) is 7.64. The van der Waals surface area contributed by atoms with Crippen LogP contribution in [0.2, 0.25) is 0 Å². The molecule has 1 fully saturated rings. The molecule has 1 amide bonds. The Balaban J connectivity index is 1.43. The second-order valence-electron chi connectivity index (χ2n) is 7.28. The predicted molar refractivity (Wildman–Crippen MR) is 96.7 cm³/mol. The number of rotatable bonds is 3. The van der Waals surface area contributed by atoms with Crippen LogP contribution in [0.15, 0.2) is 21.3 Å². The summed E-state index contributed by atoms with van der Waals surface area (Å²) < 4.78 is 13.1. The summed E-state index contributed by atoms with van der Waals surface area (Å²) in [5.41, 5.74) is -0.225. The molecule has 8 nitrogen and oxygen atoms in total. The fourth-order valence-corrected chi connectivity index (χ4v) is 3.88. The van der Waals surface area contributed by atoms with E-state index in [4.69, 9.17) is 9.15 Å². The molecular formula is C19H24N4O4. The highest BCUT2D eigenvalue weighted by atomic mass is 16.5. The molecule has 0 saturated carbocycles. The lowest BCUT2D eigenvalue weighted by Gasteiger charge is -2.22. The summed E-state index contributed by atoms with van der Waals surface area (Å²) in [4.78, 5) is 24.1. The lowest BCUT2D eigenvalue weighted by molar-refractivity contribution is 0.0826. The first kappa shape index (κ1) is 17.9. The molecule has 4 rings (SSSR count). The number of aromatic nitrogens is 3.